The molecule has 19 heavy (non-hydrogen) atoms. The van der Waals surface area contributed by atoms with Gasteiger partial charge in [-0.1, -0.05) is 6.07 Å². The Morgan fingerprint density at radius 3 is 2.84 bits per heavy atom. The van der Waals surface area contributed by atoms with Gasteiger partial charge in [0.25, 0.3) is 0 Å². The van der Waals surface area contributed by atoms with Crippen molar-refractivity contribution in [2.75, 3.05) is 23.3 Å². The van der Waals surface area contributed by atoms with Crippen LogP contribution in [-0.4, -0.2) is 30.1 Å². The van der Waals surface area contributed by atoms with Crippen molar-refractivity contribution >= 4 is 23.3 Å². The van der Waals surface area contributed by atoms with Gasteiger partial charge in [0.05, 0.1) is 17.8 Å². The summed E-state index contributed by atoms with van der Waals surface area (Å²) in [6.07, 6.45) is 0.452. The summed E-state index contributed by atoms with van der Waals surface area (Å²) in [7, 11) is 0. The molecule has 0 saturated carbocycles. The van der Waals surface area contributed by atoms with Crippen LogP contribution in [0.5, 0.6) is 0 Å². The third-order valence-electron chi connectivity index (χ3n) is 3.27. The van der Waals surface area contributed by atoms with Crippen molar-refractivity contribution in [1.29, 1.82) is 0 Å². The molecule has 1 aliphatic rings. The van der Waals surface area contributed by atoms with Crippen molar-refractivity contribution in [3.63, 3.8) is 0 Å². The topological polar surface area (TPSA) is 69.6 Å². The van der Waals surface area contributed by atoms with Gasteiger partial charge < -0.3 is 15.3 Å². The lowest BCUT2D eigenvalue weighted by atomic mass is 10.1. The number of aryl methyl sites for hydroxylation is 2. The summed E-state index contributed by atoms with van der Waals surface area (Å²) in [6.45, 7) is 4.91. The minimum Gasteiger partial charge on any atom is -0.481 e. The molecule has 102 valence electrons. The van der Waals surface area contributed by atoms with Gasteiger partial charge in [0.2, 0.25) is 5.91 Å². The largest absolute Gasteiger partial charge is 0.481 e. The number of hydrogen-bond donors (Lipinski definition) is 2. The summed E-state index contributed by atoms with van der Waals surface area (Å²) in [6, 6.07) is 4.01. The molecule has 0 radical (unpaired) electrons. The van der Waals surface area contributed by atoms with Crippen molar-refractivity contribution < 1.29 is 14.7 Å². The smallest absolute Gasteiger partial charge is 0.305 e. The zero-order chi connectivity index (χ0) is 14.0. The van der Waals surface area contributed by atoms with E-state index in [1.807, 2.05) is 30.9 Å². The fraction of sp³-hybridized carbons (Fsp3) is 0.429. The second-order valence-corrected chi connectivity index (χ2v) is 4.90. The van der Waals surface area contributed by atoms with Gasteiger partial charge in [0, 0.05) is 19.5 Å². The number of carboxylic acids is 1. The van der Waals surface area contributed by atoms with E-state index in [4.69, 9.17) is 5.11 Å². The first-order valence-corrected chi connectivity index (χ1v) is 6.35. The number of carbonyl (C=O) groups is 2. The van der Waals surface area contributed by atoms with Crippen LogP contribution in [-0.2, 0) is 9.59 Å². The maximum absolute atomic E-state index is 11.7. The number of amides is 1. The maximum atomic E-state index is 11.7. The average molecular weight is 262 g/mol. The Hall–Kier alpha value is -2.04. The van der Waals surface area contributed by atoms with Gasteiger partial charge in [-0.3, -0.25) is 9.59 Å². The lowest BCUT2D eigenvalue weighted by Crippen LogP contribution is -2.27. The van der Waals surface area contributed by atoms with Gasteiger partial charge in [0.15, 0.2) is 0 Å². The normalized spacial score (nSPS) is 14.6. The van der Waals surface area contributed by atoms with E-state index in [0.29, 0.717) is 19.5 Å². The number of fused-ring (bicyclic) bond motifs is 1. The summed E-state index contributed by atoms with van der Waals surface area (Å²) in [5, 5.41) is 11.7. The second-order valence-electron chi connectivity index (χ2n) is 4.90. The molecule has 2 rings (SSSR count). The molecule has 1 aromatic carbocycles. The Kier molecular flexibility index (Phi) is 3.74. The van der Waals surface area contributed by atoms with Crippen LogP contribution in [0.1, 0.15) is 24.0 Å². The minimum absolute atomic E-state index is 0.0222. The van der Waals surface area contributed by atoms with Crippen LogP contribution >= 0.6 is 0 Å². The Labute approximate surface area is 112 Å². The first-order valence-electron chi connectivity index (χ1n) is 6.35. The van der Waals surface area contributed by atoms with Crippen LogP contribution < -0.4 is 10.2 Å². The SMILES string of the molecule is Cc1cc(C)c2c(c1)N(CCC(=O)O)CCC(=O)N2. The van der Waals surface area contributed by atoms with E-state index >= 15 is 0 Å². The van der Waals surface area contributed by atoms with E-state index in [2.05, 4.69) is 5.32 Å². The molecular formula is C14H18N2O3. The number of hydrogen-bond acceptors (Lipinski definition) is 3. The lowest BCUT2D eigenvalue weighted by molar-refractivity contribution is -0.136. The minimum atomic E-state index is -0.825. The molecule has 0 unspecified atom stereocenters. The molecule has 1 aromatic rings. The van der Waals surface area contributed by atoms with Crippen LogP contribution in [0.15, 0.2) is 12.1 Å². The average Bonchev–Trinajstić information content (AvgIpc) is 2.47. The first-order chi connectivity index (χ1) is 8.97. The number of anilines is 2. The molecule has 0 fully saturated rings. The van der Waals surface area contributed by atoms with Gasteiger partial charge in [-0.2, -0.15) is 0 Å². The van der Waals surface area contributed by atoms with Gasteiger partial charge >= 0.3 is 5.97 Å². The zero-order valence-corrected chi connectivity index (χ0v) is 11.2. The van der Waals surface area contributed by atoms with Crippen molar-refractivity contribution in [2.45, 2.75) is 26.7 Å². The molecule has 0 bridgehead atoms. The monoisotopic (exact) mass is 262 g/mol. The second kappa shape index (κ2) is 5.30. The molecule has 0 saturated heterocycles. The molecule has 0 spiro atoms. The molecule has 0 atom stereocenters. The Balaban J connectivity index is 2.37. The molecule has 0 aromatic heterocycles. The highest BCUT2D eigenvalue weighted by Crippen LogP contribution is 2.33. The lowest BCUT2D eigenvalue weighted by Gasteiger charge is -2.24. The molecule has 5 heteroatoms. The molecule has 5 nitrogen and oxygen atoms in total. The van der Waals surface area contributed by atoms with Gasteiger partial charge in [0.1, 0.15) is 0 Å². The third kappa shape index (κ3) is 3.05. The van der Waals surface area contributed by atoms with Gasteiger partial charge in [-0.25, -0.2) is 0 Å². The molecule has 2 N–H and O–H groups in total. The van der Waals surface area contributed by atoms with E-state index < -0.39 is 5.97 Å². The van der Waals surface area contributed by atoms with E-state index in [-0.39, 0.29) is 12.3 Å². The van der Waals surface area contributed by atoms with Gasteiger partial charge in [-0.15, -0.1) is 0 Å². The van der Waals surface area contributed by atoms with Crippen molar-refractivity contribution in [3.05, 3.63) is 23.3 Å². The molecule has 1 amide bonds. The summed E-state index contributed by atoms with van der Waals surface area (Å²) < 4.78 is 0. The number of nitrogens with zero attached hydrogens (tertiary/aromatic N) is 1. The number of carboxylic acid groups (broad SMARTS) is 1. The number of nitrogens with one attached hydrogen (secondary N) is 1. The third-order valence-corrected chi connectivity index (χ3v) is 3.27. The summed E-state index contributed by atoms with van der Waals surface area (Å²) in [5.41, 5.74) is 3.83. The Morgan fingerprint density at radius 2 is 2.16 bits per heavy atom. The van der Waals surface area contributed by atoms with Crippen molar-refractivity contribution in [2.24, 2.45) is 0 Å². The molecule has 1 aliphatic heterocycles. The van der Waals surface area contributed by atoms with Crippen LogP contribution in [0.2, 0.25) is 0 Å². The standard InChI is InChI=1S/C14H18N2O3/c1-9-7-10(2)14-11(8-9)16(6-4-13(18)19)5-3-12(17)15-14/h7-8H,3-6H2,1-2H3,(H,15,17)(H,18,19). The molecule has 1 heterocycles. The summed E-state index contributed by atoms with van der Waals surface area (Å²) >= 11 is 0. The maximum Gasteiger partial charge on any atom is 0.305 e. The molecular weight excluding hydrogens is 244 g/mol. The fourth-order valence-corrected chi connectivity index (χ4v) is 2.38. The number of benzene rings is 1. The summed E-state index contributed by atoms with van der Waals surface area (Å²) in [4.78, 5) is 24.4. The van der Waals surface area contributed by atoms with Crippen LogP contribution in [0, 0.1) is 13.8 Å². The fourth-order valence-electron chi connectivity index (χ4n) is 2.38. The predicted molar refractivity (Wildman–Crippen MR) is 73.6 cm³/mol. The number of carbonyl (C=O) groups excluding carboxylic acids is 1. The molecule has 0 aliphatic carbocycles. The highest BCUT2D eigenvalue weighted by Gasteiger charge is 2.21. The van der Waals surface area contributed by atoms with E-state index in [1.54, 1.807) is 0 Å². The Bertz CT molecular complexity index is 526. The van der Waals surface area contributed by atoms with Crippen LogP contribution in [0.4, 0.5) is 11.4 Å². The number of rotatable bonds is 3. The van der Waals surface area contributed by atoms with Crippen molar-refractivity contribution in [1.82, 2.24) is 0 Å². The van der Waals surface area contributed by atoms with E-state index in [9.17, 15) is 9.59 Å². The van der Waals surface area contributed by atoms with Crippen LogP contribution in [0.3, 0.4) is 0 Å². The van der Waals surface area contributed by atoms with E-state index in [0.717, 1.165) is 22.5 Å². The van der Waals surface area contributed by atoms with Gasteiger partial charge in [-0.05, 0) is 31.0 Å². The van der Waals surface area contributed by atoms with Crippen molar-refractivity contribution in [3.8, 4) is 0 Å². The zero-order valence-electron chi connectivity index (χ0n) is 11.2. The Morgan fingerprint density at radius 1 is 1.42 bits per heavy atom. The highest BCUT2D eigenvalue weighted by atomic mass is 16.4. The first kappa shape index (κ1) is 13.4. The van der Waals surface area contributed by atoms with Crippen LogP contribution in [0.25, 0.3) is 0 Å². The highest BCUT2D eigenvalue weighted by molar-refractivity contribution is 5.97. The summed E-state index contributed by atoms with van der Waals surface area (Å²) in [5.74, 6) is -0.847. The number of aliphatic carboxylic acids is 1. The predicted octanol–water partition coefficient (Wildman–Crippen LogP) is 1.93. The quantitative estimate of drug-likeness (QED) is 0.873. The van der Waals surface area contributed by atoms with E-state index in [1.165, 1.54) is 0 Å².